The average Bonchev–Trinajstić information content (AvgIpc) is 3.29. The molecule has 1 atom stereocenters. The Morgan fingerprint density at radius 1 is 1.14 bits per heavy atom. The number of aliphatic hydroxyl groups is 1. The second-order valence-electron chi connectivity index (χ2n) is 7.63. The van der Waals surface area contributed by atoms with Gasteiger partial charge in [0.25, 0.3) is 0 Å². The summed E-state index contributed by atoms with van der Waals surface area (Å²) < 4.78 is 17.3. The topological polar surface area (TPSA) is 55.9 Å². The Hall–Kier alpha value is -2.64. The average molecular weight is 409 g/mol. The van der Waals surface area contributed by atoms with Gasteiger partial charge in [-0.05, 0) is 43.3 Å². The van der Waals surface area contributed by atoms with Crippen molar-refractivity contribution in [1.29, 1.82) is 0 Å². The Balaban J connectivity index is 1.62. The molecule has 2 aromatic carbocycles. The fourth-order valence-electron chi connectivity index (χ4n) is 3.96. The first kappa shape index (κ1) is 18.4. The van der Waals surface area contributed by atoms with Crippen LogP contribution < -0.4 is 0 Å². The molecule has 1 aliphatic rings. The van der Waals surface area contributed by atoms with Crippen LogP contribution in [0, 0.1) is 5.82 Å². The van der Waals surface area contributed by atoms with Gasteiger partial charge in [0.2, 0.25) is 0 Å². The van der Waals surface area contributed by atoms with Gasteiger partial charge in [-0.3, -0.25) is 0 Å². The molecule has 0 aliphatic carbocycles. The summed E-state index contributed by atoms with van der Waals surface area (Å²) in [4.78, 5) is 0. The van der Waals surface area contributed by atoms with E-state index in [1.54, 1.807) is 23.9 Å². The van der Waals surface area contributed by atoms with E-state index < -0.39 is 0 Å². The van der Waals surface area contributed by atoms with E-state index in [-0.39, 0.29) is 17.2 Å². The summed E-state index contributed by atoms with van der Waals surface area (Å²) in [6.07, 6.45) is 2.69. The van der Waals surface area contributed by atoms with Crippen molar-refractivity contribution in [2.45, 2.75) is 24.6 Å². The fourth-order valence-corrected chi connectivity index (χ4v) is 5.05. The standard InChI is InChI=1S/C22H21FN4OS/c1-22(14-28)13-20-24-25-21(27(20)11-12-29-22)18-3-2-4-19-17(18)9-10-26(19)16-7-5-15(23)6-8-16/h2-10,28H,11-14H2,1H3. The van der Waals surface area contributed by atoms with Gasteiger partial charge in [0.15, 0.2) is 5.82 Å². The van der Waals surface area contributed by atoms with Crippen molar-refractivity contribution in [1.82, 2.24) is 19.3 Å². The zero-order chi connectivity index (χ0) is 20.0. The lowest BCUT2D eigenvalue weighted by molar-refractivity contribution is 0.254. The van der Waals surface area contributed by atoms with Crippen LogP contribution in [0.4, 0.5) is 4.39 Å². The summed E-state index contributed by atoms with van der Waals surface area (Å²) >= 11 is 1.78. The molecule has 1 N–H and O–H groups in total. The minimum Gasteiger partial charge on any atom is -0.395 e. The number of thioether (sulfide) groups is 1. The van der Waals surface area contributed by atoms with E-state index in [1.165, 1.54) is 12.1 Å². The Morgan fingerprint density at radius 3 is 2.76 bits per heavy atom. The third-order valence-corrected chi connectivity index (χ3v) is 6.90. The number of hydrogen-bond acceptors (Lipinski definition) is 4. The first-order valence-electron chi connectivity index (χ1n) is 9.61. The van der Waals surface area contributed by atoms with Crippen molar-refractivity contribution in [2.24, 2.45) is 0 Å². The van der Waals surface area contributed by atoms with Crippen LogP contribution in [-0.2, 0) is 13.0 Å². The van der Waals surface area contributed by atoms with Crippen LogP contribution in [-0.4, -0.2) is 41.5 Å². The van der Waals surface area contributed by atoms with Gasteiger partial charge in [-0.2, -0.15) is 11.8 Å². The van der Waals surface area contributed by atoms with Crippen molar-refractivity contribution in [2.75, 3.05) is 12.4 Å². The maximum Gasteiger partial charge on any atom is 0.164 e. The molecule has 148 valence electrons. The second kappa shape index (κ2) is 7.00. The van der Waals surface area contributed by atoms with E-state index in [4.69, 9.17) is 0 Å². The molecule has 0 spiro atoms. The lowest BCUT2D eigenvalue weighted by Crippen LogP contribution is -2.28. The Labute approximate surface area is 172 Å². The Morgan fingerprint density at radius 2 is 1.97 bits per heavy atom. The molecule has 1 unspecified atom stereocenters. The van der Waals surface area contributed by atoms with E-state index >= 15 is 0 Å². The molecule has 0 saturated carbocycles. The van der Waals surface area contributed by atoms with Gasteiger partial charge >= 0.3 is 0 Å². The smallest absolute Gasteiger partial charge is 0.164 e. The molecule has 0 fully saturated rings. The van der Waals surface area contributed by atoms with Crippen molar-refractivity contribution in [3.63, 3.8) is 0 Å². The molecule has 7 heteroatoms. The summed E-state index contributed by atoms with van der Waals surface area (Å²) in [5, 5.41) is 19.8. The molecule has 5 rings (SSSR count). The van der Waals surface area contributed by atoms with Crippen molar-refractivity contribution < 1.29 is 9.50 Å². The summed E-state index contributed by atoms with van der Waals surface area (Å²) in [5.74, 6) is 2.42. The van der Waals surface area contributed by atoms with Gasteiger partial charge < -0.3 is 14.2 Å². The van der Waals surface area contributed by atoms with E-state index in [0.29, 0.717) is 6.42 Å². The molecule has 3 heterocycles. The largest absolute Gasteiger partial charge is 0.395 e. The number of rotatable bonds is 3. The van der Waals surface area contributed by atoms with Crippen LogP contribution >= 0.6 is 11.8 Å². The molecular formula is C22H21FN4OS. The van der Waals surface area contributed by atoms with Gasteiger partial charge in [0.1, 0.15) is 11.6 Å². The van der Waals surface area contributed by atoms with Crippen LogP contribution in [0.5, 0.6) is 0 Å². The lowest BCUT2D eigenvalue weighted by atomic mass is 10.1. The van der Waals surface area contributed by atoms with Crippen LogP contribution in [0.1, 0.15) is 12.7 Å². The number of nitrogens with zero attached hydrogens (tertiary/aromatic N) is 4. The Bertz CT molecular complexity index is 1180. The van der Waals surface area contributed by atoms with Crippen LogP contribution in [0.3, 0.4) is 0 Å². The van der Waals surface area contributed by atoms with E-state index in [2.05, 4.69) is 44.5 Å². The van der Waals surface area contributed by atoms with Gasteiger partial charge in [-0.1, -0.05) is 12.1 Å². The predicted molar refractivity (Wildman–Crippen MR) is 114 cm³/mol. The first-order chi connectivity index (χ1) is 14.1. The predicted octanol–water partition coefficient (Wildman–Crippen LogP) is 4.07. The highest BCUT2D eigenvalue weighted by Gasteiger charge is 2.31. The molecule has 0 saturated heterocycles. The van der Waals surface area contributed by atoms with Gasteiger partial charge in [-0.25, -0.2) is 4.39 Å². The van der Waals surface area contributed by atoms with Crippen molar-refractivity contribution >= 4 is 22.7 Å². The summed E-state index contributed by atoms with van der Waals surface area (Å²) in [6, 6.07) is 14.7. The minimum absolute atomic E-state index is 0.121. The SMILES string of the molecule is CC1(CO)Cc2nnc(-c3cccc4c3ccn4-c3ccc(F)cc3)n2CCS1. The first-order valence-corrected chi connectivity index (χ1v) is 10.6. The lowest BCUT2D eigenvalue weighted by Gasteiger charge is -2.23. The second-order valence-corrected chi connectivity index (χ2v) is 9.31. The van der Waals surface area contributed by atoms with Crippen LogP contribution in [0.2, 0.25) is 0 Å². The molecule has 29 heavy (non-hydrogen) atoms. The Kier molecular flexibility index (Phi) is 4.44. The number of halogens is 1. The molecule has 5 nitrogen and oxygen atoms in total. The van der Waals surface area contributed by atoms with E-state index in [0.717, 1.165) is 46.1 Å². The highest BCUT2D eigenvalue weighted by molar-refractivity contribution is 8.00. The van der Waals surface area contributed by atoms with Crippen molar-refractivity contribution in [3.8, 4) is 17.1 Å². The monoisotopic (exact) mass is 408 g/mol. The number of hydrogen-bond donors (Lipinski definition) is 1. The maximum absolute atomic E-state index is 13.3. The fraction of sp³-hybridized carbons (Fsp3) is 0.273. The molecular weight excluding hydrogens is 387 g/mol. The zero-order valence-corrected chi connectivity index (χ0v) is 16.9. The van der Waals surface area contributed by atoms with Crippen molar-refractivity contribution in [3.05, 3.63) is 66.4 Å². The van der Waals surface area contributed by atoms with Gasteiger partial charge in [0, 0.05) is 46.3 Å². The maximum atomic E-state index is 13.3. The molecule has 1 aliphatic heterocycles. The molecule has 0 amide bonds. The van der Waals surface area contributed by atoms with Crippen LogP contribution in [0.15, 0.2) is 54.7 Å². The summed E-state index contributed by atoms with van der Waals surface area (Å²) in [7, 11) is 0. The van der Waals surface area contributed by atoms with E-state index in [9.17, 15) is 9.50 Å². The number of fused-ring (bicyclic) bond motifs is 2. The van der Waals surface area contributed by atoms with E-state index in [1.807, 2.05) is 12.3 Å². The molecule has 0 radical (unpaired) electrons. The highest BCUT2D eigenvalue weighted by atomic mass is 32.2. The minimum atomic E-state index is -0.246. The third kappa shape index (κ3) is 3.14. The van der Waals surface area contributed by atoms with Crippen LogP contribution in [0.25, 0.3) is 28.0 Å². The van der Waals surface area contributed by atoms with Gasteiger partial charge in [0.05, 0.1) is 12.1 Å². The molecule has 0 bridgehead atoms. The third-order valence-electron chi connectivity index (χ3n) is 5.54. The highest BCUT2D eigenvalue weighted by Crippen LogP contribution is 2.35. The number of aromatic nitrogens is 4. The quantitative estimate of drug-likeness (QED) is 0.555. The summed E-state index contributed by atoms with van der Waals surface area (Å²) in [6.45, 7) is 3.01. The zero-order valence-electron chi connectivity index (χ0n) is 16.0. The number of aliphatic hydroxyl groups excluding tert-OH is 1. The normalized spacial score (nSPS) is 19.3. The summed E-state index contributed by atoms with van der Waals surface area (Å²) in [5.41, 5.74) is 2.98. The molecule has 2 aromatic heterocycles. The molecule has 4 aromatic rings. The van der Waals surface area contributed by atoms with Gasteiger partial charge in [-0.15, -0.1) is 10.2 Å². The number of benzene rings is 2.